The lowest BCUT2D eigenvalue weighted by Gasteiger charge is -2.07. The molecule has 0 saturated heterocycles. The summed E-state index contributed by atoms with van der Waals surface area (Å²) in [5.41, 5.74) is 0.766. The fourth-order valence-electron chi connectivity index (χ4n) is 1.10. The van der Waals surface area contributed by atoms with Gasteiger partial charge in [0.05, 0.1) is 24.7 Å². The first-order valence-electron chi connectivity index (χ1n) is 4.60. The molecule has 0 heterocycles. The molecule has 1 aromatic rings. The number of hydrogen-bond acceptors (Lipinski definition) is 4. The summed E-state index contributed by atoms with van der Waals surface area (Å²) in [4.78, 5) is 5.86. The van der Waals surface area contributed by atoms with E-state index in [1.54, 1.807) is 11.2 Å². The quantitative estimate of drug-likeness (QED) is 0.617. The molecule has 0 aliphatic carbocycles. The topological polar surface area (TPSA) is 68.8 Å². The SMILES string of the molecule is COc1cc(N=CN(C)C)c(C#N)cc1O. The molecule has 0 aliphatic heterocycles. The van der Waals surface area contributed by atoms with Gasteiger partial charge in [-0.1, -0.05) is 0 Å². The molecule has 0 saturated carbocycles. The summed E-state index contributed by atoms with van der Waals surface area (Å²) in [6, 6.07) is 4.82. The largest absolute Gasteiger partial charge is 0.504 e. The van der Waals surface area contributed by atoms with E-state index < -0.39 is 0 Å². The van der Waals surface area contributed by atoms with Crippen LogP contribution in [0.2, 0.25) is 0 Å². The number of nitrogens with zero attached hydrogens (tertiary/aromatic N) is 3. The third-order valence-electron chi connectivity index (χ3n) is 1.85. The van der Waals surface area contributed by atoms with E-state index in [2.05, 4.69) is 4.99 Å². The van der Waals surface area contributed by atoms with Crippen molar-refractivity contribution in [3.8, 4) is 17.6 Å². The Bertz CT molecular complexity index is 447. The lowest BCUT2D eigenvalue weighted by Crippen LogP contribution is -2.07. The van der Waals surface area contributed by atoms with Crippen LogP contribution in [-0.2, 0) is 0 Å². The molecule has 0 aliphatic rings. The Kier molecular flexibility index (Phi) is 3.72. The minimum Gasteiger partial charge on any atom is -0.504 e. The van der Waals surface area contributed by atoms with Gasteiger partial charge in [-0.3, -0.25) is 0 Å². The molecule has 0 radical (unpaired) electrons. The molecule has 0 unspecified atom stereocenters. The van der Waals surface area contributed by atoms with Gasteiger partial charge < -0.3 is 14.7 Å². The second-order valence-corrected chi connectivity index (χ2v) is 3.36. The van der Waals surface area contributed by atoms with E-state index in [0.29, 0.717) is 17.0 Å². The summed E-state index contributed by atoms with van der Waals surface area (Å²) in [5, 5.41) is 18.4. The van der Waals surface area contributed by atoms with Crippen molar-refractivity contribution in [3.63, 3.8) is 0 Å². The first-order valence-corrected chi connectivity index (χ1v) is 4.60. The van der Waals surface area contributed by atoms with Crippen molar-refractivity contribution >= 4 is 12.0 Å². The molecule has 5 nitrogen and oxygen atoms in total. The Balaban J connectivity index is 3.21. The average Bonchev–Trinajstić information content (AvgIpc) is 2.26. The van der Waals surface area contributed by atoms with Crippen molar-refractivity contribution in [2.45, 2.75) is 0 Å². The first-order chi connectivity index (χ1) is 7.58. The standard InChI is InChI=1S/C11H13N3O2/c1-14(2)7-13-9-5-11(16-3)10(15)4-8(9)6-12/h4-5,7,15H,1-3H3. The maximum Gasteiger partial charge on any atom is 0.162 e. The number of methoxy groups -OCH3 is 1. The van der Waals surface area contributed by atoms with Gasteiger partial charge in [0.1, 0.15) is 6.07 Å². The molecular weight excluding hydrogens is 206 g/mol. The van der Waals surface area contributed by atoms with E-state index in [0.717, 1.165) is 0 Å². The van der Waals surface area contributed by atoms with Gasteiger partial charge in [-0.05, 0) is 0 Å². The predicted octanol–water partition coefficient (Wildman–Crippen LogP) is 1.49. The van der Waals surface area contributed by atoms with Crippen LogP contribution in [0.3, 0.4) is 0 Å². The van der Waals surface area contributed by atoms with Gasteiger partial charge in [-0.25, -0.2) is 4.99 Å². The van der Waals surface area contributed by atoms with Gasteiger partial charge in [0.15, 0.2) is 11.5 Å². The summed E-state index contributed by atoms with van der Waals surface area (Å²) < 4.78 is 4.95. The van der Waals surface area contributed by atoms with E-state index >= 15 is 0 Å². The maximum atomic E-state index is 9.49. The van der Waals surface area contributed by atoms with E-state index in [4.69, 9.17) is 10.00 Å². The van der Waals surface area contributed by atoms with Gasteiger partial charge in [0.25, 0.3) is 0 Å². The number of phenolic OH excluding ortho intramolecular Hbond substituents is 1. The number of aliphatic imine (C=N–C) groups is 1. The van der Waals surface area contributed by atoms with Crippen molar-refractivity contribution < 1.29 is 9.84 Å². The molecule has 1 aromatic carbocycles. The number of rotatable bonds is 3. The fourth-order valence-corrected chi connectivity index (χ4v) is 1.10. The second kappa shape index (κ2) is 5.03. The average molecular weight is 219 g/mol. The van der Waals surface area contributed by atoms with Crippen LogP contribution < -0.4 is 4.74 Å². The normalized spacial score (nSPS) is 10.1. The van der Waals surface area contributed by atoms with E-state index in [1.807, 2.05) is 20.2 Å². The summed E-state index contributed by atoms with van der Waals surface area (Å²) in [6.07, 6.45) is 1.58. The Labute approximate surface area is 94.2 Å². The molecule has 0 fully saturated rings. The maximum absolute atomic E-state index is 9.49. The summed E-state index contributed by atoms with van der Waals surface area (Å²) in [5.74, 6) is 0.229. The second-order valence-electron chi connectivity index (χ2n) is 3.36. The number of phenols is 1. The zero-order valence-corrected chi connectivity index (χ0v) is 9.43. The van der Waals surface area contributed by atoms with Crippen molar-refractivity contribution in [3.05, 3.63) is 17.7 Å². The zero-order valence-electron chi connectivity index (χ0n) is 9.43. The Hall–Kier alpha value is -2.22. The van der Waals surface area contributed by atoms with E-state index in [9.17, 15) is 5.11 Å². The van der Waals surface area contributed by atoms with Crippen LogP contribution in [0, 0.1) is 11.3 Å². The number of ether oxygens (including phenoxy) is 1. The highest BCUT2D eigenvalue weighted by Gasteiger charge is 2.08. The minimum atomic E-state index is -0.0668. The molecule has 16 heavy (non-hydrogen) atoms. The lowest BCUT2D eigenvalue weighted by atomic mass is 10.2. The van der Waals surface area contributed by atoms with E-state index in [1.165, 1.54) is 19.2 Å². The summed E-state index contributed by atoms with van der Waals surface area (Å²) in [6.45, 7) is 0. The van der Waals surface area contributed by atoms with Crippen LogP contribution in [-0.4, -0.2) is 37.6 Å². The van der Waals surface area contributed by atoms with Crippen LogP contribution in [0.5, 0.6) is 11.5 Å². The highest BCUT2D eigenvalue weighted by molar-refractivity contribution is 5.68. The van der Waals surface area contributed by atoms with Gasteiger partial charge >= 0.3 is 0 Å². The molecule has 1 rings (SSSR count). The molecule has 0 bridgehead atoms. The molecule has 1 N–H and O–H groups in total. The molecule has 0 aromatic heterocycles. The smallest absolute Gasteiger partial charge is 0.162 e. The monoisotopic (exact) mass is 219 g/mol. The van der Waals surface area contributed by atoms with Crippen molar-refractivity contribution in [1.82, 2.24) is 4.90 Å². The van der Waals surface area contributed by atoms with Crippen molar-refractivity contribution in [2.24, 2.45) is 4.99 Å². The third kappa shape index (κ3) is 2.64. The highest BCUT2D eigenvalue weighted by atomic mass is 16.5. The minimum absolute atomic E-state index is 0.0668. The van der Waals surface area contributed by atoms with Gasteiger partial charge in [0.2, 0.25) is 0 Å². The van der Waals surface area contributed by atoms with Crippen molar-refractivity contribution in [2.75, 3.05) is 21.2 Å². The number of hydrogen-bond donors (Lipinski definition) is 1. The predicted molar refractivity (Wildman–Crippen MR) is 61.2 cm³/mol. The molecule has 0 atom stereocenters. The highest BCUT2D eigenvalue weighted by Crippen LogP contribution is 2.33. The number of aromatic hydroxyl groups is 1. The van der Waals surface area contributed by atoms with Crippen LogP contribution in [0.15, 0.2) is 17.1 Å². The van der Waals surface area contributed by atoms with Crippen LogP contribution in [0.1, 0.15) is 5.56 Å². The van der Waals surface area contributed by atoms with Crippen LogP contribution in [0.4, 0.5) is 5.69 Å². The van der Waals surface area contributed by atoms with Gasteiger partial charge in [-0.2, -0.15) is 5.26 Å². The summed E-state index contributed by atoms with van der Waals surface area (Å²) in [7, 11) is 5.10. The number of nitriles is 1. The van der Waals surface area contributed by atoms with E-state index in [-0.39, 0.29) is 5.75 Å². The Morgan fingerprint density at radius 2 is 2.19 bits per heavy atom. The molecule has 84 valence electrons. The van der Waals surface area contributed by atoms with Gasteiger partial charge in [0, 0.05) is 26.2 Å². The van der Waals surface area contributed by atoms with Crippen LogP contribution >= 0.6 is 0 Å². The number of benzene rings is 1. The molecule has 0 spiro atoms. The zero-order chi connectivity index (χ0) is 12.1. The Morgan fingerprint density at radius 3 is 2.69 bits per heavy atom. The Morgan fingerprint density at radius 1 is 1.50 bits per heavy atom. The molecule has 0 amide bonds. The fraction of sp³-hybridized carbons (Fsp3) is 0.273. The first kappa shape index (κ1) is 11.9. The molecule has 5 heteroatoms. The van der Waals surface area contributed by atoms with Gasteiger partial charge in [-0.15, -0.1) is 0 Å². The lowest BCUT2D eigenvalue weighted by molar-refractivity contribution is 0.373. The van der Waals surface area contributed by atoms with Crippen LogP contribution in [0.25, 0.3) is 0 Å². The molecular formula is C11H13N3O2. The summed E-state index contributed by atoms with van der Waals surface area (Å²) >= 11 is 0. The van der Waals surface area contributed by atoms with Crippen molar-refractivity contribution in [1.29, 1.82) is 5.26 Å². The third-order valence-corrected chi connectivity index (χ3v) is 1.85.